The monoisotopic (exact) mass is 255 g/mol. The number of carbonyl (C=O) groups excluding carboxylic acids is 1. The van der Waals surface area contributed by atoms with Gasteiger partial charge < -0.3 is 10.4 Å². The maximum absolute atomic E-state index is 11.8. The van der Waals surface area contributed by atoms with Crippen molar-refractivity contribution in [3.63, 3.8) is 0 Å². The summed E-state index contributed by atoms with van der Waals surface area (Å²) in [4.78, 5) is 23.0. The van der Waals surface area contributed by atoms with Gasteiger partial charge in [-0.1, -0.05) is 0 Å². The van der Waals surface area contributed by atoms with Crippen molar-refractivity contribution in [3.8, 4) is 0 Å². The van der Waals surface area contributed by atoms with Crippen LogP contribution in [0.2, 0.25) is 0 Å². The van der Waals surface area contributed by atoms with Gasteiger partial charge >= 0.3 is 5.97 Å². The van der Waals surface area contributed by atoms with Crippen LogP contribution in [0.15, 0.2) is 6.33 Å². The number of rotatable bonds is 5. The van der Waals surface area contributed by atoms with Gasteiger partial charge in [-0.05, 0) is 38.1 Å². The molecule has 1 amide bonds. The highest BCUT2D eigenvalue weighted by Crippen LogP contribution is 2.30. The fourth-order valence-corrected chi connectivity index (χ4v) is 1.21. The second-order valence-electron chi connectivity index (χ2n) is 5.11. The van der Waals surface area contributed by atoms with Crippen molar-refractivity contribution in [2.24, 2.45) is 5.41 Å². The molecular weight excluding hydrogens is 238 g/mol. The Labute approximate surface area is 104 Å². The highest BCUT2D eigenvalue weighted by molar-refractivity contribution is 5.80. The van der Waals surface area contributed by atoms with E-state index in [1.807, 2.05) is 0 Å². The number of carboxylic acid groups (broad SMARTS) is 1. The summed E-state index contributed by atoms with van der Waals surface area (Å²) in [7, 11) is 0. The number of aromatic nitrogens is 4. The number of carboxylic acids is 1. The van der Waals surface area contributed by atoms with Crippen LogP contribution in [-0.2, 0) is 16.1 Å². The molecule has 0 atom stereocenters. The maximum atomic E-state index is 11.8. The van der Waals surface area contributed by atoms with Crippen LogP contribution in [0.5, 0.6) is 0 Å². The molecule has 8 nitrogen and oxygen atoms in total. The molecule has 0 spiro atoms. The average molecular weight is 255 g/mol. The molecular formula is C10H17N5O3. The quantitative estimate of drug-likeness (QED) is 0.746. The third-order valence-corrected chi connectivity index (χ3v) is 3.25. The molecule has 0 aliphatic heterocycles. The normalized spacial score (nSPS) is 12.2. The van der Waals surface area contributed by atoms with Gasteiger partial charge in [0.25, 0.3) is 0 Å². The van der Waals surface area contributed by atoms with Gasteiger partial charge in [-0.25, -0.2) is 4.68 Å². The minimum Gasteiger partial charge on any atom is -0.481 e. The van der Waals surface area contributed by atoms with E-state index in [1.165, 1.54) is 11.0 Å². The first-order chi connectivity index (χ1) is 8.17. The molecule has 18 heavy (non-hydrogen) atoms. The van der Waals surface area contributed by atoms with E-state index in [0.717, 1.165) is 0 Å². The first kappa shape index (κ1) is 14.1. The lowest BCUT2D eigenvalue weighted by Crippen LogP contribution is -2.57. The fourth-order valence-electron chi connectivity index (χ4n) is 1.21. The van der Waals surface area contributed by atoms with Gasteiger partial charge in [0.05, 0.1) is 11.0 Å². The van der Waals surface area contributed by atoms with E-state index < -0.39 is 16.9 Å². The summed E-state index contributed by atoms with van der Waals surface area (Å²) in [5.41, 5.74) is -1.99. The minimum absolute atomic E-state index is 0.0495. The van der Waals surface area contributed by atoms with Gasteiger partial charge in [-0.15, -0.1) is 5.10 Å². The Morgan fingerprint density at radius 2 is 1.94 bits per heavy atom. The zero-order valence-electron chi connectivity index (χ0n) is 10.8. The first-order valence-electron chi connectivity index (χ1n) is 5.42. The van der Waals surface area contributed by atoms with E-state index in [9.17, 15) is 9.59 Å². The van der Waals surface area contributed by atoms with Gasteiger partial charge in [0.15, 0.2) is 0 Å². The number of carbonyl (C=O) groups is 2. The van der Waals surface area contributed by atoms with E-state index >= 15 is 0 Å². The van der Waals surface area contributed by atoms with Crippen LogP contribution in [0.25, 0.3) is 0 Å². The maximum Gasteiger partial charge on any atom is 0.311 e. The molecule has 0 saturated heterocycles. The van der Waals surface area contributed by atoms with Crippen LogP contribution in [0.4, 0.5) is 0 Å². The van der Waals surface area contributed by atoms with E-state index in [1.54, 1.807) is 27.7 Å². The zero-order valence-corrected chi connectivity index (χ0v) is 10.8. The molecule has 2 N–H and O–H groups in total. The zero-order chi connectivity index (χ0) is 14.0. The van der Waals surface area contributed by atoms with Gasteiger partial charge in [-0.2, -0.15) is 0 Å². The molecule has 1 heterocycles. The van der Waals surface area contributed by atoms with Crippen molar-refractivity contribution in [2.45, 2.75) is 39.8 Å². The van der Waals surface area contributed by atoms with Crippen LogP contribution in [0, 0.1) is 5.41 Å². The summed E-state index contributed by atoms with van der Waals surface area (Å²) >= 11 is 0. The van der Waals surface area contributed by atoms with Gasteiger partial charge in [-0.3, -0.25) is 9.59 Å². The highest BCUT2D eigenvalue weighted by Gasteiger charge is 2.44. The molecule has 0 saturated carbocycles. The summed E-state index contributed by atoms with van der Waals surface area (Å²) in [5, 5.41) is 22.2. The summed E-state index contributed by atoms with van der Waals surface area (Å²) in [6.07, 6.45) is 1.31. The van der Waals surface area contributed by atoms with Crippen molar-refractivity contribution < 1.29 is 14.7 Å². The predicted molar refractivity (Wildman–Crippen MR) is 61.5 cm³/mol. The molecule has 100 valence electrons. The Bertz CT molecular complexity index is 438. The average Bonchev–Trinajstić information content (AvgIpc) is 2.68. The topological polar surface area (TPSA) is 110 Å². The van der Waals surface area contributed by atoms with Crippen molar-refractivity contribution in [1.29, 1.82) is 0 Å². The predicted octanol–water partition coefficient (Wildman–Crippen LogP) is -0.321. The number of tetrazole rings is 1. The fraction of sp³-hybridized carbons (Fsp3) is 0.700. The van der Waals surface area contributed by atoms with Gasteiger partial charge in [0.1, 0.15) is 12.9 Å². The number of nitrogens with zero attached hydrogens (tertiary/aromatic N) is 4. The number of aliphatic carboxylic acids is 1. The minimum atomic E-state index is -1.09. The second kappa shape index (κ2) is 4.71. The standard InChI is InChI=1S/C10H17N5O3/c1-9(2,8(17)18)10(3,4)12-7(16)5-15-6-11-13-14-15/h6H,5H2,1-4H3,(H,12,16)(H,17,18). The van der Waals surface area contributed by atoms with E-state index in [4.69, 9.17) is 5.11 Å². The van der Waals surface area contributed by atoms with Crippen LogP contribution >= 0.6 is 0 Å². The molecule has 0 aliphatic carbocycles. The lowest BCUT2D eigenvalue weighted by molar-refractivity contribution is -0.151. The molecule has 0 fully saturated rings. The third kappa shape index (κ3) is 2.82. The van der Waals surface area contributed by atoms with E-state index in [-0.39, 0.29) is 12.5 Å². The number of hydrogen-bond acceptors (Lipinski definition) is 5. The summed E-state index contributed by atoms with van der Waals surface area (Å²) < 4.78 is 1.26. The summed E-state index contributed by atoms with van der Waals surface area (Å²) in [5.74, 6) is -1.32. The molecule has 0 radical (unpaired) electrons. The van der Waals surface area contributed by atoms with Gasteiger partial charge in [0.2, 0.25) is 5.91 Å². The number of hydrogen-bond donors (Lipinski definition) is 2. The Hall–Kier alpha value is -1.99. The van der Waals surface area contributed by atoms with Crippen LogP contribution in [0.3, 0.4) is 0 Å². The third-order valence-electron chi connectivity index (χ3n) is 3.25. The Balaban J connectivity index is 2.71. The number of nitrogens with one attached hydrogen (secondary N) is 1. The molecule has 1 rings (SSSR count). The highest BCUT2D eigenvalue weighted by atomic mass is 16.4. The first-order valence-corrected chi connectivity index (χ1v) is 5.42. The lowest BCUT2D eigenvalue weighted by atomic mass is 9.74. The largest absolute Gasteiger partial charge is 0.481 e. The second-order valence-corrected chi connectivity index (χ2v) is 5.11. The summed E-state index contributed by atoms with van der Waals surface area (Å²) in [6.45, 7) is 6.41. The molecule has 1 aromatic rings. The van der Waals surface area contributed by atoms with Gasteiger partial charge in [0, 0.05) is 0 Å². The summed E-state index contributed by atoms with van der Waals surface area (Å²) in [6, 6.07) is 0. The molecule has 1 aromatic heterocycles. The Morgan fingerprint density at radius 3 is 2.39 bits per heavy atom. The molecule has 0 aliphatic rings. The molecule has 8 heteroatoms. The Morgan fingerprint density at radius 1 is 1.33 bits per heavy atom. The SMILES string of the molecule is CC(C)(NC(=O)Cn1cnnn1)C(C)(C)C(=O)O. The van der Waals surface area contributed by atoms with Crippen molar-refractivity contribution in [2.75, 3.05) is 0 Å². The smallest absolute Gasteiger partial charge is 0.311 e. The van der Waals surface area contributed by atoms with Crippen LogP contribution < -0.4 is 5.32 Å². The van der Waals surface area contributed by atoms with Crippen LogP contribution in [-0.4, -0.2) is 42.7 Å². The van der Waals surface area contributed by atoms with Crippen molar-refractivity contribution in [3.05, 3.63) is 6.33 Å². The van der Waals surface area contributed by atoms with Crippen molar-refractivity contribution >= 4 is 11.9 Å². The van der Waals surface area contributed by atoms with E-state index in [2.05, 4.69) is 20.8 Å². The molecule has 0 aromatic carbocycles. The number of amides is 1. The van der Waals surface area contributed by atoms with Crippen LogP contribution in [0.1, 0.15) is 27.7 Å². The molecule has 0 bridgehead atoms. The van der Waals surface area contributed by atoms with E-state index in [0.29, 0.717) is 0 Å². The van der Waals surface area contributed by atoms with Crippen molar-refractivity contribution in [1.82, 2.24) is 25.5 Å². The Kier molecular flexibility index (Phi) is 3.68. The molecule has 0 unspecified atom stereocenters. The lowest BCUT2D eigenvalue weighted by Gasteiger charge is -2.38.